The molecule has 2 N–H and O–H groups in total. The van der Waals surface area contributed by atoms with Crippen LogP contribution in [-0.4, -0.2) is 45.2 Å². The summed E-state index contributed by atoms with van der Waals surface area (Å²) in [7, 11) is 0. The van der Waals surface area contributed by atoms with Crippen LogP contribution in [0.25, 0.3) is 11.3 Å². The van der Waals surface area contributed by atoms with E-state index in [-0.39, 0.29) is 12.5 Å². The van der Waals surface area contributed by atoms with Crippen molar-refractivity contribution in [2.24, 2.45) is 5.92 Å². The summed E-state index contributed by atoms with van der Waals surface area (Å²) in [6, 6.07) is 8.85. The van der Waals surface area contributed by atoms with E-state index in [4.69, 9.17) is 16.7 Å². The summed E-state index contributed by atoms with van der Waals surface area (Å²) >= 11 is 5.86. The van der Waals surface area contributed by atoms with Gasteiger partial charge in [-0.1, -0.05) is 23.7 Å². The zero-order chi connectivity index (χ0) is 16.4. The van der Waals surface area contributed by atoms with E-state index in [1.807, 2.05) is 12.1 Å². The van der Waals surface area contributed by atoms with E-state index in [0.29, 0.717) is 35.8 Å². The third kappa shape index (κ3) is 3.37. The van der Waals surface area contributed by atoms with Gasteiger partial charge in [-0.25, -0.2) is 0 Å². The standard InChI is InChI=1S/C16H16ClN3O3/c17-12-5-3-10(4-6-12)13-8-14(19-18-13)15(21)20-7-1-2-11(9-20)16(22)23/h3-6,8,11H,1-2,7,9H2,(H,18,19)(H,22,23). The van der Waals surface area contributed by atoms with Crippen molar-refractivity contribution in [3.8, 4) is 11.3 Å². The number of carbonyl (C=O) groups is 2. The van der Waals surface area contributed by atoms with Crippen LogP contribution in [0, 0.1) is 5.92 Å². The lowest BCUT2D eigenvalue weighted by atomic mass is 9.98. The molecule has 1 aliphatic heterocycles. The summed E-state index contributed by atoms with van der Waals surface area (Å²) in [6.07, 6.45) is 1.30. The highest BCUT2D eigenvalue weighted by molar-refractivity contribution is 6.30. The average molecular weight is 334 g/mol. The molecule has 120 valence electrons. The molecule has 6 nitrogen and oxygen atoms in total. The van der Waals surface area contributed by atoms with Gasteiger partial charge in [-0.05, 0) is 31.0 Å². The molecule has 7 heteroatoms. The molecule has 1 saturated heterocycles. The molecule has 0 saturated carbocycles. The molecule has 0 aliphatic carbocycles. The second-order valence-corrected chi connectivity index (χ2v) is 6.04. The highest BCUT2D eigenvalue weighted by Gasteiger charge is 2.29. The SMILES string of the molecule is O=C(O)C1CCCN(C(=O)c2cc(-c3ccc(Cl)cc3)n[nH]2)C1. The summed E-state index contributed by atoms with van der Waals surface area (Å²) in [6.45, 7) is 0.807. The number of halogens is 1. The van der Waals surface area contributed by atoms with Gasteiger partial charge in [0.05, 0.1) is 11.6 Å². The van der Waals surface area contributed by atoms with Crippen molar-refractivity contribution in [2.75, 3.05) is 13.1 Å². The Labute approximate surface area is 138 Å². The number of aromatic nitrogens is 2. The number of carboxylic acid groups (broad SMARTS) is 1. The van der Waals surface area contributed by atoms with Crippen LogP contribution in [0.2, 0.25) is 5.02 Å². The predicted octanol–water partition coefficient (Wildman–Crippen LogP) is 2.67. The van der Waals surface area contributed by atoms with Gasteiger partial charge in [0.25, 0.3) is 5.91 Å². The minimum absolute atomic E-state index is 0.219. The maximum absolute atomic E-state index is 12.5. The zero-order valence-electron chi connectivity index (χ0n) is 12.3. The van der Waals surface area contributed by atoms with Crippen LogP contribution in [0.5, 0.6) is 0 Å². The number of nitrogens with one attached hydrogen (secondary N) is 1. The number of likely N-dealkylation sites (tertiary alicyclic amines) is 1. The van der Waals surface area contributed by atoms with Gasteiger partial charge >= 0.3 is 5.97 Å². The topological polar surface area (TPSA) is 86.3 Å². The molecule has 1 aromatic carbocycles. The maximum Gasteiger partial charge on any atom is 0.308 e. The Bertz CT molecular complexity index is 726. The van der Waals surface area contributed by atoms with E-state index >= 15 is 0 Å². The van der Waals surface area contributed by atoms with Crippen molar-refractivity contribution < 1.29 is 14.7 Å². The molecule has 3 rings (SSSR count). The lowest BCUT2D eigenvalue weighted by Gasteiger charge is -2.30. The molecular weight excluding hydrogens is 318 g/mol. The fraction of sp³-hybridized carbons (Fsp3) is 0.312. The molecule has 1 unspecified atom stereocenters. The van der Waals surface area contributed by atoms with E-state index in [1.54, 1.807) is 23.1 Å². The Morgan fingerprint density at radius 3 is 2.74 bits per heavy atom. The van der Waals surface area contributed by atoms with Gasteiger partial charge in [-0.2, -0.15) is 5.10 Å². The minimum Gasteiger partial charge on any atom is -0.481 e. The lowest BCUT2D eigenvalue weighted by Crippen LogP contribution is -2.42. The molecule has 1 aromatic heterocycles. The molecule has 1 aliphatic rings. The summed E-state index contributed by atoms with van der Waals surface area (Å²) in [4.78, 5) is 25.2. The number of amides is 1. The molecule has 1 amide bonds. The molecule has 0 spiro atoms. The van der Waals surface area contributed by atoms with E-state index in [0.717, 1.165) is 5.56 Å². The smallest absolute Gasteiger partial charge is 0.308 e. The van der Waals surface area contributed by atoms with Gasteiger partial charge < -0.3 is 10.0 Å². The third-order valence-electron chi connectivity index (χ3n) is 4.01. The number of benzene rings is 1. The fourth-order valence-electron chi connectivity index (χ4n) is 2.73. The first-order valence-corrected chi connectivity index (χ1v) is 7.76. The van der Waals surface area contributed by atoms with Crippen molar-refractivity contribution in [1.82, 2.24) is 15.1 Å². The number of hydrogen-bond donors (Lipinski definition) is 2. The van der Waals surface area contributed by atoms with Gasteiger partial charge in [0, 0.05) is 23.7 Å². The van der Waals surface area contributed by atoms with E-state index in [9.17, 15) is 9.59 Å². The van der Waals surface area contributed by atoms with Gasteiger partial charge in [-0.15, -0.1) is 0 Å². The Morgan fingerprint density at radius 1 is 1.30 bits per heavy atom. The molecule has 23 heavy (non-hydrogen) atoms. The monoisotopic (exact) mass is 333 g/mol. The number of nitrogens with zero attached hydrogens (tertiary/aromatic N) is 2. The van der Waals surface area contributed by atoms with Crippen LogP contribution in [0.4, 0.5) is 0 Å². The number of aliphatic carboxylic acids is 1. The molecule has 0 bridgehead atoms. The van der Waals surface area contributed by atoms with Crippen molar-refractivity contribution in [3.05, 3.63) is 41.0 Å². The Balaban J connectivity index is 1.75. The maximum atomic E-state index is 12.5. The van der Waals surface area contributed by atoms with Gasteiger partial charge in [0.15, 0.2) is 0 Å². The first kappa shape index (κ1) is 15.6. The van der Waals surface area contributed by atoms with Crippen molar-refractivity contribution in [3.63, 3.8) is 0 Å². The number of carbonyl (C=O) groups excluding carboxylic acids is 1. The van der Waals surface area contributed by atoms with Gasteiger partial charge in [0.1, 0.15) is 5.69 Å². The van der Waals surface area contributed by atoms with Crippen molar-refractivity contribution >= 4 is 23.5 Å². The quantitative estimate of drug-likeness (QED) is 0.904. The largest absolute Gasteiger partial charge is 0.481 e. The summed E-state index contributed by atoms with van der Waals surface area (Å²) in [5, 5.41) is 16.6. The summed E-state index contributed by atoms with van der Waals surface area (Å²) < 4.78 is 0. The predicted molar refractivity (Wildman–Crippen MR) is 85.3 cm³/mol. The first-order valence-electron chi connectivity index (χ1n) is 7.38. The molecule has 1 fully saturated rings. The molecule has 1 atom stereocenters. The van der Waals surface area contributed by atoms with Gasteiger partial charge in [-0.3, -0.25) is 14.7 Å². The highest BCUT2D eigenvalue weighted by atomic mass is 35.5. The molecule has 0 radical (unpaired) electrons. The fourth-order valence-corrected chi connectivity index (χ4v) is 2.86. The van der Waals surface area contributed by atoms with Crippen LogP contribution in [0.1, 0.15) is 23.3 Å². The lowest BCUT2D eigenvalue weighted by molar-refractivity contribution is -0.143. The van der Waals surface area contributed by atoms with Crippen molar-refractivity contribution in [1.29, 1.82) is 0 Å². The second kappa shape index (κ2) is 6.42. The minimum atomic E-state index is -0.853. The average Bonchev–Trinajstić information content (AvgIpc) is 3.05. The van der Waals surface area contributed by atoms with E-state index < -0.39 is 11.9 Å². The highest BCUT2D eigenvalue weighted by Crippen LogP contribution is 2.22. The second-order valence-electron chi connectivity index (χ2n) is 5.60. The third-order valence-corrected chi connectivity index (χ3v) is 4.26. The molecule has 2 heterocycles. The number of rotatable bonds is 3. The number of piperidine rings is 1. The summed E-state index contributed by atoms with van der Waals surface area (Å²) in [5.74, 6) is -1.57. The van der Waals surface area contributed by atoms with Gasteiger partial charge in [0.2, 0.25) is 0 Å². The number of aromatic amines is 1. The van der Waals surface area contributed by atoms with Crippen LogP contribution in [0.15, 0.2) is 30.3 Å². The van der Waals surface area contributed by atoms with Crippen LogP contribution in [-0.2, 0) is 4.79 Å². The first-order chi connectivity index (χ1) is 11.0. The van der Waals surface area contributed by atoms with Crippen LogP contribution in [0.3, 0.4) is 0 Å². The Hall–Kier alpha value is -2.34. The van der Waals surface area contributed by atoms with Crippen molar-refractivity contribution in [2.45, 2.75) is 12.8 Å². The zero-order valence-corrected chi connectivity index (χ0v) is 13.1. The van der Waals surface area contributed by atoms with Crippen LogP contribution >= 0.6 is 11.6 Å². The molecular formula is C16H16ClN3O3. The Kier molecular flexibility index (Phi) is 4.34. The number of H-pyrrole nitrogens is 1. The molecule has 2 aromatic rings. The number of carboxylic acids is 1. The summed E-state index contributed by atoms with van der Waals surface area (Å²) in [5.41, 5.74) is 1.87. The Morgan fingerprint density at radius 2 is 2.04 bits per heavy atom. The van der Waals surface area contributed by atoms with Crippen LogP contribution < -0.4 is 0 Å². The van der Waals surface area contributed by atoms with E-state index in [2.05, 4.69) is 10.2 Å². The number of hydrogen-bond acceptors (Lipinski definition) is 3. The van der Waals surface area contributed by atoms with E-state index in [1.165, 1.54) is 0 Å². The normalized spacial score (nSPS) is 18.0.